The number of nitrogens with one attached hydrogen (secondary N) is 1. The van der Waals surface area contributed by atoms with E-state index in [1.807, 2.05) is 0 Å². The molecular weight excluding hydrogens is 274 g/mol. The van der Waals surface area contributed by atoms with E-state index >= 15 is 0 Å². The molecule has 0 saturated heterocycles. The first-order valence-corrected chi connectivity index (χ1v) is 9.05. The number of aromatic amines is 1. The van der Waals surface area contributed by atoms with E-state index in [1.165, 1.54) is 38.3 Å². The van der Waals surface area contributed by atoms with Crippen molar-refractivity contribution in [3.05, 3.63) is 12.0 Å². The molecule has 3 rings (SSSR count). The lowest BCUT2D eigenvalue weighted by molar-refractivity contribution is 0.274. The maximum absolute atomic E-state index is 12.8. The van der Waals surface area contributed by atoms with Gasteiger partial charge in [-0.3, -0.25) is 0 Å². The van der Waals surface area contributed by atoms with E-state index in [0.29, 0.717) is 18.3 Å². The van der Waals surface area contributed by atoms with Crippen LogP contribution in [0.25, 0.3) is 0 Å². The molecule has 1 heterocycles. The molecule has 5 nitrogen and oxygen atoms in total. The van der Waals surface area contributed by atoms with Gasteiger partial charge < -0.3 is 4.98 Å². The average Bonchev–Trinajstić information content (AvgIpc) is 3.17. The van der Waals surface area contributed by atoms with E-state index in [1.54, 1.807) is 11.2 Å². The number of sulfonamides is 1. The van der Waals surface area contributed by atoms with Crippen LogP contribution < -0.4 is 0 Å². The highest BCUT2D eigenvalue weighted by Crippen LogP contribution is 2.34. The summed E-state index contributed by atoms with van der Waals surface area (Å²) in [5.74, 6) is 1.18. The summed E-state index contributed by atoms with van der Waals surface area (Å²) in [4.78, 5) is 6.91. The predicted molar refractivity (Wildman–Crippen MR) is 76.8 cm³/mol. The molecule has 2 aliphatic rings. The van der Waals surface area contributed by atoms with E-state index in [9.17, 15) is 8.42 Å². The normalized spacial score (nSPS) is 21.5. The molecule has 112 valence electrons. The summed E-state index contributed by atoms with van der Waals surface area (Å²) in [6, 6.07) is 0.213. The lowest BCUT2D eigenvalue weighted by atomic mass is 9.89. The molecule has 0 aliphatic heterocycles. The van der Waals surface area contributed by atoms with Crippen LogP contribution >= 0.6 is 0 Å². The lowest BCUT2D eigenvalue weighted by Gasteiger charge is -2.28. The summed E-state index contributed by atoms with van der Waals surface area (Å²) in [5.41, 5.74) is 0. The summed E-state index contributed by atoms with van der Waals surface area (Å²) < 4.78 is 27.2. The van der Waals surface area contributed by atoms with Crippen LogP contribution in [-0.4, -0.2) is 35.3 Å². The molecule has 1 aromatic rings. The van der Waals surface area contributed by atoms with Crippen molar-refractivity contribution in [2.45, 2.75) is 62.9 Å². The summed E-state index contributed by atoms with van der Waals surface area (Å²) in [5, 5.41) is 0.248. The van der Waals surface area contributed by atoms with Crippen molar-refractivity contribution in [1.82, 2.24) is 14.3 Å². The monoisotopic (exact) mass is 297 g/mol. The third-order valence-electron chi connectivity index (χ3n) is 4.38. The minimum Gasteiger partial charge on any atom is -0.332 e. The summed E-state index contributed by atoms with van der Waals surface area (Å²) in [6.45, 7) is 2.46. The Balaban J connectivity index is 1.79. The molecule has 0 atom stereocenters. The third kappa shape index (κ3) is 2.91. The fourth-order valence-corrected chi connectivity index (χ4v) is 4.81. The van der Waals surface area contributed by atoms with Crippen molar-refractivity contribution in [3.63, 3.8) is 0 Å². The maximum Gasteiger partial charge on any atom is 0.260 e. The number of rotatable bonds is 5. The number of aromatic nitrogens is 2. The molecule has 0 bridgehead atoms. The molecule has 1 N–H and O–H groups in total. The van der Waals surface area contributed by atoms with Crippen molar-refractivity contribution < 1.29 is 8.42 Å². The van der Waals surface area contributed by atoms with Crippen LogP contribution in [0.4, 0.5) is 0 Å². The first kappa shape index (κ1) is 14.1. The van der Waals surface area contributed by atoms with E-state index in [-0.39, 0.29) is 11.1 Å². The van der Waals surface area contributed by atoms with Crippen LogP contribution in [0.2, 0.25) is 0 Å². The summed E-state index contributed by atoms with van der Waals surface area (Å²) in [6.07, 6.45) is 9.56. The van der Waals surface area contributed by atoms with Crippen molar-refractivity contribution in [2.75, 3.05) is 6.54 Å². The largest absolute Gasteiger partial charge is 0.332 e. The molecule has 2 fully saturated rings. The predicted octanol–water partition coefficient (Wildman–Crippen LogP) is 2.45. The van der Waals surface area contributed by atoms with Gasteiger partial charge in [-0.1, -0.05) is 19.3 Å². The highest BCUT2D eigenvalue weighted by molar-refractivity contribution is 7.89. The molecule has 6 heteroatoms. The third-order valence-corrected chi connectivity index (χ3v) is 6.21. The van der Waals surface area contributed by atoms with Crippen molar-refractivity contribution in [3.8, 4) is 0 Å². The van der Waals surface area contributed by atoms with Gasteiger partial charge in [0.15, 0.2) is 5.03 Å². The second-order valence-electron chi connectivity index (χ2n) is 6.14. The fraction of sp³-hybridized carbons (Fsp3) is 0.786. The van der Waals surface area contributed by atoms with Gasteiger partial charge in [-0.25, -0.2) is 13.4 Å². The van der Waals surface area contributed by atoms with Gasteiger partial charge in [-0.2, -0.15) is 4.31 Å². The van der Waals surface area contributed by atoms with E-state index in [4.69, 9.17) is 0 Å². The minimum absolute atomic E-state index is 0.213. The van der Waals surface area contributed by atoms with E-state index < -0.39 is 10.0 Å². The Bertz CT molecular complexity index is 557. The highest BCUT2D eigenvalue weighted by Gasteiger charge is 2.40. The van der Waals surface area contributed by atoms with Gasteiger partial charge >= 0.3 is 0 Å². The molecule has 0 spiro atoms. The van der Waals surface area contributed by atoms with Gasteiger partial charge in [0.1, 0.15) is 5.82 Å². The smallest absolute Gasteiger partial charge is 0.260 e. The molecule has 20 heavy (non-hydrogen) atoms. The van der Waals surface area contributed by atoms with Crippen LogP contribution in [0.3, 0.4) is 0 Å². The van der Waals surface area contributed by atoms with Gasteiger partial charge in [0.05, 0.1) is 6.20 Å². The average molecular weight is 297 g/mol. The lowest BCUT2D eigenvalue weighted by Crippen LogP contribution is -2.38. The number of aryl methyl sites for hydroxylation is 1. The van der Waals surface area contributed by atoms with Gasteiger partial charge in [-0.15, -0.1) is 0 Å². The van der Waals surface area contributed by atoms with Gasteiger partial charge in [0.2, 0.25) is 0 Å². The van der Waals surface area contributed by atoms with Crippen LogP contribution in [0, 0.1) is 12.8 Å². The van der Waals surface area contributed by atoms with Crippen molar-refractivity contribution in [2.24, 2.45) is 5.92 Å². The van der Waals surface area contributed by atoms with Crippen LogP contribution in [0.15, 0.2) is 11.2 Å². The zero-order valence-corrected chi connectivity index (χ0v) is 12.8. The van der Waals surface area contributed by atoms with Crippen LogP contribution in [0.1, 0.15) is 50.8 Å². The number of hydrogen-bond acceptors (Lipinski definition) is 3. The standard InChI is InChI=1S/C14H23N3O2S/c1-11-15-9-14(16-11)20(18,19)17(13-7-8-13)10-12-5-3-2-4-6-12/h9,12-13H,2-8,10H2,1H3,(H,15,16). The fourth-order valence-electron chi connectivity index (χ4n) is 3.09. The van der Waals surface area contributed by atoms with E-state index in [2.05, 4.69) is 9.97 Å². The molecule has 0 unspecified atom stereocenters. The maximum atomic E-state index is 12.8. The highest BCUT2D eigenvalue weighted by atomic mass is 32.2. The Morgan fingerprint density at radius 3 is 2.50 bits per heavy atom. The second-order valence-corrected chi connectivity index (χ2v) is 8.00. The quantitative estimate of drug-likeness (QED) is 0.908. The Kier molecular flexibility index (Phi) is 3.86. The molecular formula is C14H23N3O2S. The van der Waals surface area contributed by atoms with E-state index in [0.717, 1.165) is 12.8 Å². The molecule has 2 aliphatic carbocycles. The first-order chi connectivity index (χ1) is 9.57. The Morgan fingerprint density at radius 2 is 1.95 bits per heavy atom. The number of imidazole rings is 1. The van der Waals surface area contributed by atoms with Gasteiger partial charge in [-0.05, 0) is 38.5 Å². The van der Waals surface area contributed by atoms with Crippen LogP contribution in [-0.2, 0) is 10.0 Å². The Hall–Kier alpha value is -0.880. The molecule has 0 amide bonds. The summed E-state index contributed by atoms with van der Waals surface area (Å²) >= 11 is 0. The van der Waals surface area contributed by atoms with Crippen molar-refractivity contribution in [1.29, 1.82) is 0 Å². The Morgan fingerprint density at radius 1 is 1.25 bits per heavy atom. The molecule has 0 aromatic carbocycles. The van der Waals surface area contributed by atoms with Crippen molar-refractivity contribution >= 4 is 10.0 Å². The summed E-state index contributed by atoms with van der Waals surface area (Å²) in [7, 11) is -3.40. The first-order valence-electron chi connectivity index (χ1n) is 7.61. The zero-order chi connectivity index (χ0) is 14.2. The number of H-pyrrole nitrogens is 1. The number of hydrogen-bond donors (Lipinski definition) is 1. The topological polar surface area (TPSA) is 66.1 Å². The van der Waals surface area contributed by atoms with Gasteiger partial charge in [0.25, 0.3) is 10.0 Å². The van der Waals surface area contributed by atoms with Gasteiger partial charge in [0, 0.05) is 12.6 Å². The Labute approximate surface area is 120 Å². The molecule has 0 radical (unpaired) electrons. The SMILES string of the molecule is Cc1ncc(S(=O)(=O)N(CC2CCCCC2)C2CC2)[nH]1. The number of nitrogens with zero attached hydrogens (tertiary/aromatic N) is 2. The zero-order valence-electron chi connectivity index (χ0n) is 12.0. The minimum atomic E-state index is -3.40. The van der Waals surface area contributed by atoms with Crippen LogP contribution in [0.5, 0.6) is 0 Å². The molecule has 2 saturated carbocycles. The molecule has 1 aromatic heterocycles. The second kappa shape index (κ2) is 5.48.